The lowest BCUT2D eigenvalue weighted by atomic mass is 10.3. The van der Waals surface area contributed by atoms with E-state index in [1.54, 1.807) is 11.3 Å². The zero-order chi connectivity index (χ0) is 9.10. The summed E-state index contributed by atoms with van der Waals surface area (Å²) in [5.41, 5.74) is 5.34. The summed E-state index contributed by atoms with van der Waals surface area (Å²) in [6.07, 6.45) is 0.723. The number of hydrogen-bond donors (Lipinski definition) is 1. The Kier molecular flexibility index (Phi) is 2.37. The third kappa shape index (κ3) is 1.93. The summed E-state index contributed by atoms with van der Waals surface area (Å²) in [5, 5.41) is 5.83. The third-order valence-corrected chi connectivity index (χ3v) is 2.47. The molecule has 2 heterocycles. The standard InChI is InChI=1S/C8H9N3OS/c9-5-8-10-7(11-12-8)4-6-2-1-3-13-6/h1-3H,4-5,9H2. The predicted molar refractivity (Wildman–Crippen MR) is 49.3 cm³/mol. The Morgan fingerprint density at radius 1 is 1.54 bits per heavy atom. The maximum atomic E-state index is 5.34. The van der Waals surface area contributed by atoms with Gasteiger partial charge in [-0.2, -0.15) is 4.98 Å². The van der Waals surface area contributed by atoms with Gasteiger partial charge in [0.25, 0.3) is 0 Å². The first kappa shape index (κ1) is 8.40. The van der Waals surface area contributed by atoms with Crippen molar-refractivity contribution < 1.29 is 4.52 Å². The molecule has 0 aliphatic rings. The summed E-state index contributed by atoms with van der Waals surface area (Å²) in [6.45, 7) is 0.303. The minimum Gasteiger partial charge on any atom is -0.338 e. The van der Waals surface area contributed by atoms with E-state index in [1.807, 2.05) is 17.5 Å². The fourth-order valence-corrected chi connectivity index (χ4v) is 1.72. The summed E-state index contributed by atoms with van der Waals surface area (Å²) in [6, 6.07) is 4.05. The van der Waals surface area contributed by atoms with E-state index in [9.17, 15) is 0 Å². The number of nitrogens with zero attached hydrogens (tertiary/aromatic N) is 2. The highest BCUT2D eigenvalue weighted by Gasteiger charge is 2.05. The normalized spacial score (nSPS) is 10.5. The Morgan fingerprint density at radius 2 is 2.46 bits per heavy atom. The van der Waals surface area contributed by atoms with Crippen LogP contribution in [0, 0.1) is 0 Å². The third-order valence-electron chi connectivity index (χ3n) is 1.60. The van der Waals surface area contributed by atoms with Crippen LogP contribution in [-0.2, 0) is 13.0 Å². The monoisotopic (exact) mass is 195 g/mol. The highest BCUT2D eigenvalue weighted by atomic mass is 32.1. The molecule has 0 aliphatic carbocycles. The zero-order valence-electron chi connectivity index (χ0n) is 6.93. The molecule has 13 heavy (non-hydrogen) atoms. The molecule has 0 aliphatic heterocycles. The summed E-state index contributed by atoms with van der Waals surface area (Å²) < 4.78 is 4.88. The van der Waals surface area contributed by atoms with Crippen LogP contribution in [0.1, 0.15) is 16.6 Å². The van der Waals surface area contributed by atoms with Crippen LogP contribution in [0.3, 0.4) is 0 Å². The first-order valence-corrected chi connectivity index (χ1v) is 4.80. The SMILES string of the molecule is NCc1nc(Cc2cccs2)no1. The van der Waals surface area contributed by atoms with Gasteiger partial charge in [-0.05, 0) is 11.4 Å². The molecule has 0 atom stereocenters. The summed E-state index contributed by atoms with van der Waals surface area (Å²) in [7, 11) is 0. The topological polar surface area (TPSA) is 64.9 Å². The van der Waals surface area contributed by atoms with Crippen LogP contribution in [0.25, 0.3) is 0 Å². The van der Waals surface area contributed by atoms with Crippen LogP contribution in [0.5, 0.6) is 0 Å². The van der Waals surface area contributed by atoms with Gasteiger partial charge in [-0.25, -0.2) is 0 Å². The molecular formula is C8H9N3OS. The van der Waals surface area contributed by atoms with Gasteiger partial charge in [0.1, 0.15) is 0 Å². The molecule has 2 aromatic heterocycles. The van der Waals surface area contributed by atoms with Crippen molar-refractivity contribution in [1.82, 2.24) is 10.1 Å². The zero-order valence-corrected chi connectivity index (χ0v) is 7.75. The molecule has 0 aromatic carbocycles. The van der Waals surface area contributed by atoms with E-state index < -0.39 is 0 Å². The van der Waals surface area contributed by atoms with Gasteiger partial charge in [0.2, 0.25) is 5.89 Å². The molecule has 2 N–H and O–H groups in total. The molecule has 68 valence electrons. The van der Waals surface area contributed by atoms with Crippen LogP contribution in [0.2, 0.25) is 0 Å². The van der Waals surface area contributed by atoms with Crippen molar-refractivity contribution in [2.45, 2.75) is 13.0 Å². The molecule has 0 radical (unpaired) electrons. The Balaban J connectivity index is 2.10. The molecule has 0 amide bonds. The van der Waals surface area contributed by atoms with Crippen LogP contribution >= 0.6 is 11.3 Å². The fraction of sp³-hybridized carbons (Fsp3) is 0.250. The van der Waals surface area contributed by atoms with Crippen molar-refractivity contribution in [1.29, 1.82) is 0 Å². The number of nitrogens with two attached hydrogens (primary N) is 1. The Morgan fingerprint density at radius 3 is 3.08 bits per heavy atom. The number of thiophene rings is 1. The maximum absolute atomic E-state index is 5.34. The molecule has 0 saturated heterocycles. The van der Waals surface area contributed by atoms with Gasteiger partial charge >= 0.3 is 0 Å². The van der Waals surface area contributed by atoms with E-state index >= 15 is 0 Å². The molecule has 4 nitrogen and oxygen atoms in total. The fourth-order valence-electron chi connectivity index (χ4n) is 1.01. The number of hydrogen-bond acceptors (Lipinski definition) is 5. The summed E-state index contributed by atoms with van der Waals surface area (Å²) >= 11 is 1.68. The molecule has 0 saturated carbocycles. The van der Waals surface area contributed by atoms with Crippen LogP contribution in [-0.4, -0.2) is 10.1 Å². The van der Waals surface area contributed by atoms with E-state index in [0.717, 1.165) is 6.42 Å². The Hall–Kier alpha value is -1.20. The minimum absolute atomic E-state index is 0.303. The highest BCUT2D eigenvalue weighted by molar-refractivity contribution is 7.09. The molecule has 0 unspecified atom stereocenters. The second kappa shape index (κ2) is 3.68. The molecule has 0 bridgehead atoms. The molecule has 0 fully saturated rings. The summed E-state index contributed by atoms with van der Waals surface area (Å²) in [4.78, 5) is 5.33. The summed E-state index contributed by atoms with van der Waals surface area (Å²) in [5.74, 6) is 1.19. The van der Waals surface area contributed by atoms with Crippen molar-refractivity contribution in [3.8, 4) is 0 Å². The largest absolute Gasteiger partial charge is 0.338 e. The molecular weight excluding hydrogens is 186 g/mol. The van der Waals surface area contributed by atoms with Gasteiger partial charge < -0.3 is 10.3 Å². The first-order valence-electron chi connectivity index (χ1n) is 3.92. The van der Waals surface area contributed by atoms with Crippen LogP contribution < -0.4 is 5.73 Å². The Labute approximate surface area is 79.4 Å². The quantitative estimate of drug-likeness (QED) is 0.798. The van der Waals surface area contributed by atoms with Gasteiger partial charge in [-0.1, -0.05) is 11.2 Å². The lowest BCUT2D eigenvalue weighted by molar-refractivity contribution is 0.375. The molecule has 0 spiro atoms. The lowest BCUT2D eigenvalue weighted by Crippen LogP contribution is -1.96. The maximum Gasteiger partial charge on any atom is 0.240 e. The van der Waals surface area contributed by atoms with Crippen molar-refractivity contribution in [3.05, 3.63) is 34.1 Å². The highest BCUT2D eigenvalue weighted by Crippen LogP contribution is 2.12. The Bertz CT molecular complexity index is 368. The number of rotatable bonds is 3. The van der Waals surface area contributed by atoms with E-state index in [1.165, 1.54) is 4.88 Å². The van der Waals surface area contributed by atoms with E-state index in [-0.39, 0.29) is 0 Å². The van der Waals surface area contributed by atoms with E-state index in [2.05, 4.69) is 10.1 Å². The van der Waals surface area contributed by atoms with Gasteiger partial charge in [0.05, 0.1) is 6.54 Å². The second-order valence-corrected chi connectivity index (χ2v) is 3.60. The van der Waals surface area contributed by atoms with Gasteiger partial charge in [0, 0.05) is 11.3 Å². The van der Waals surface area contributed by atoms with Gasteiger partial charge in [-0.15, -0.1) is 11.3 Å². The molecule has 5 heteroatoms. The van der Waals surface area contributed by atoms with Crippen molar-refractivity contribution in [3.63, 3.8) is 0 Å². The van der Waals surface area contributed by atoms with Crippen molar-refractivity contribution in [2.24, 2.45) is 5.73 Å². The predicted octanol–water partition coefficient (Wildman–Crippen LogP) is 1.18. The minimum atomic E-state index is 0.303. The van der Waals surface area contributed by atoms with E-state index in [0.29, 0.717) is 18.3 Å². The van der Waals surface area contributed by atoms with Crippen LogP contribution in [0.4, 0.5) is 0 Å². The van der Waals surface area contributed by atoms with Crippen LogP contribution in [0.15, 0.2) is 22.0 Å². The first-order chi connectivity index (χ1) is 6.38. The second-order valence-electron chi connectivity index (χ2n) is 2.56. The molecule has 2 aromatic rings. The van der Waals surface area contributed by atoms with E-state index in [4.69, 9.17) is 10.3 Å². The smallest absolute Gasteiger partial charge is 0.240 e. The van der Waals surface area contributed by atoms with Gasteiger partial charge in [0.15, 0.2) is 5.82 Å². The average molecular weight is 195 g/mol. The van der Waals surface area contributed by atoms with Gasteiger partial charge in [-0.3, -0.25) is 0 Å². The number of aromatic nitrogens is 2. The van der Waals surface area contributed by atoms with Crippen molar-refractivity contribution in [2.75, 3.05) is 0 Å². The average Bonchev–Trinajstić information content (AvgIpc) is 2.76. The van der Waals surface area contributed by atoms with Crippen molar-refractivity contribution >= 4 is 11.3 Å². The molecule has 2 rings (SSSR count). The lowest BCUT2D eigenvalue weighted by Gasteiger charge is -1.86.